The summed E-state index contributed by atoms with van der Waals surface area (Å²) in [5.74, 6) is -2.40. The quantitative estimate of drug-likeness (QED) is 0.461. The number of hydrogen-bond acceptors (Lipinski definition) is 4. The molecule has 7 heteroatoms. The zero-order valence-electron chi connectivity index (χ0n) is 17.6. The van der Waals surface area contributed by atoms with Gasteiger partial charge in [0.1, 0.15) is 23.7 Å². The van der Waals surface area contributed by atoms with Crippen molar-refractivity contribution in [3.63, 3.8) is 0 Å². The predicted molar refractivity (Wildman–Crippen MR) is 119 cm³/mol. The Labute approximate surface area is 183 Å². The van der Waals surface area contributed by atoms with Crippen LogP contribution in [0.25, 0.3) is 21.7 Å². The maximum atomic E-state index is 14.8. The number of nitrogens with zero attached hydrogens (tertiary/aromatic N) is 1. The molecule has 1 heterocycles. The minimum atomic E-state index is -1.55. The third kappa shape index (κ3) is 4.09. The van der Waals surface area contributed by atoms with E-state index in [1.54, 1.807) is 24.3 Å². The monoisotopic (exact) mass is 432 g/mol. The van der Waals surface area contributed by atoms with Crippen LogP contribution < -0.4 is 10.1 Å². The van der Waals surface area contributed by atoms with E-state index in [1.165, 1.54) is 13.8 Å². The van der Waals surface area contributed by atoms with Gasteiger partial charge in [-0.05, 0) is 32.0 Å². The molecule has 0 bridgehead atoms. The van der Waals surface area contributed by atoms with E-state index >= 15 is 0 Å². The van der Waals surface area contributed by atoms with Crippen molar-refractivity contribution in [2.75, 3.05) is 0 Å². The van der Waals surface area contributed by atoms with Gasteiger partial charge < -0.3 is 15.2 Å². The number of ether oxygens (including phenoxy) is 1. The number of rotatable bonds is 6. The summed E-state index contributed by atoms with van der Waals surface area (Å²) in [4.78, 5) is 28.9. The lowest BCUT2D eigenvalue weighted by molar-refractivity contribution is -0.143. The maximum absolute atomic E-state index is 14.8. The number of amides is 1. The summed E-state index contributed by atoms with van der Waals surface area (Å²) >= 11 is 0. The van der Waals surface area contributed by atoms with E-state index in [4.69, 9.17) is 4.74 Å². The molecule has 0 atom stereocenters. The van der Waals surface area contributed by atoms with E-state index in [-0.39, 0.29) is 17.9 Å². The number of carboxylic acid groups (broad SMARTS) is 1. The van der Waals surface area contributed by atoms with E-state index in [2.05, 4.69) is 10.3 Å². The summed E-state index contributed by atoms with van der Waals surface area (Å²) in [6.07, 6.45) is 0. The molecule has 2 N–H and O–H groups in total. The molecule has 0 unspecified atom stereocenters. The normalized spacial score (nSPS) is 11.5. The second kappa shape index (κ2) is 8.26. The number of carbonyl (C=O) groups excluding carboxylic acids is 1. The highest BCUT2D eigenvalue weighted by Crippen LogP contribution is 2.33. The van der Waals surface area contributed by atoms with Gasteiger partial charge in [0.2, 0.25) is 0 Å². The third-order valence-electron chi connectivity index (χ3n) is 5.17. The van der Waals surface area contributed by atoms with Gasteiger partial charge in [-0.15, -0.1) is 0 Å². The first-order valence-electron chi connectivity index (χ1n) is 10.0. The summed E-state index contributed by atoms with van der Waals surface area (Å²) in [6, 6.07) is 19.1. The van der Waals surface area contributed by atoms with Crippen LogP contribution in [0.2, 0.25) is 0 Å². The van der Waals surface area contributed by atoms with E-state index in [0.29, 0.717) is 16.5 Å². The molecule has 4 aromatic rings. The third-order valence-corrected chi connectivity index (χ3v) is 5.17. The van der Waals surface area contributed by atoms with E-state index in [0.717, 1.165) is 17.0 Å². The lowest BCUT2D eigenvalue weighted by Crippen LogP contribution is -2.49. The number of para-hydroxylation sites is 1. The molecule has 0 spiro atoms. The first-order chi connectivity index (χ1) is 15.3. The molecule has 0 aliphatic carbocycles. The fourth-order valence-corrected chi connectivity index (χ4v) is 3.37. The van der Waals surface area contributed by atoms with Crippen molar-refractivity contribution in [2.45, 2.75) is 26.0 Å². The van der Waals surface area contributed by atoms with Gasteiger partial charge in [-0.1, -0.05) is 48.5 Å². The number of carboxylic acids is 1. The van der Waals surface area contributed by atoms with Crippen LogP contribution in [0, 0.1) is 5.82 Å². The topological polar surface area (TPSA) is 88.5 Å². The van der Waals surface area contributed by atoms with E-state index in [9.17, 15) is 19.1 Å². The number of hydrogen-bond donors (Lipinski definition) is 2. The van der Waals surface area contributed by atoms with Crippen molar-refractivity contribution in [1.29, 1.82) is 0 Å². The van der Waals surface area contributed by atoms with Crippen molar-refractivity contribution in [3.05, 3.63) is 83.8 Å². The van der Waals surface area contributed by atoms with Gasteiger partial charge in [0.05, 0.1) is 16.8 Å². The summed E-state index contributed by atoms with van der Waals surface area (Å²) in [7, 11) is 0. The molecule has 6 nitrogen and oxygen atoms in total. The Balaban J connectivity index is 1.74. The lowest BCUT2D eigenvalue weighted by atomic mass is 10.0. The van der Waals surface area contributed by atoms with Crippen LogP contribution in [-0.4, -0.2) is 27.5 Å². The number of aromatic nitrogens is 1. The number of nitrogens with one attached hydrogen (secondary N) is 1. The van der Waals surface area contributed by atoms with Crippen molar-refractivity contribution in [1.82, 2.24) is 10.3 Å². The van der Waals surface area contributed by atoms with Gasteiger partial charge in [-0.25, -0.2) is 14.2 Å². The van der Waals surface area contributed by atoms with Crippen molar-refractivity contribution >= 4 is 33.6 Å². The van der Waals surface area contributed by atoms with Gasteiger partial charge in [-0.3, -0.25) is 4.79 Å². The highest BCUT2D eigenvalue weighted by atomic mass is 19.1. The smallest absolute Gasteiger partial charge is 0.328 e. The fourth-order valence-electron chi connectivity index (χ4n) is 3.37. The Hall–Kier alpha value is -4.00. The molecule has 1 amide bonds. The molecule has 0 saturated carbocycles. The molecule has 0 radical (unpaired) electrons. The van der Waals surface area contributed by atoms with Crippen LogP contribution in [0.4, 0.5) is 4.39 Å². The molecule has 0 saturated heterocycles. The van der Waals surface area contributed by atoms with Crippen molar-refractivity contribution < 1.29 is 23.8 Å². The molecule has 162 valence electrons. The minimum absolute atomic E-state index is 0.0447. The average Bonchev–Trinajstić information content (AvgIpc) is 2.78. The van der Waals surface area contributed by atoms with Crippen LogP contribution in [0.15, 0.2) is 66.7 Å². The SMILES string of the molecule is CC(C)(NC(=O)c1cc(F)c2ccccc2c1OCc1ccc2ccccc2n1)C(=O)O. The standard InChI is InChI=1S/C25H21FN2O4/c1-25(2,24(30)31)28-23(29)19-13-20(26)17-8-4-5-9-18(17)22(19)32-14-16-12-11-15-7-3-6-10-21(15)27-16/h3-13H,14H2,1-2H3,(H,28,29)(H,30,31). The van der Waals surface area contributed by atoms with Gasteiger partial charge in [-0.2, -0.15) is 0 Å². The molecule has 0 aliphatic heterocycles. The predicted octanol–water partition coefficient (Wildman–Crippen LogP) is 4.70. The Bertz CT molecular complexity index is 1350. The largest absolute Gasteiger partial charge is 0.486 e. The number of carbonyl (C=O) groups is 2. The molecule has 4 rings (SSSR count). The second-order valence-electron chi connectivity index (χ2n) is 7.95. The Morgan fingerprint density at radius 2 is 1.72 bits per heavy atom. The Morgan fingerprint density at radius 3 is 2.47 bits per heavy atom. The highest BCUT2D eigenvalue weighted by Gasteiger charge is 2.31. The summed E-state index contributed by atoms with van der Waals surface area (Å²) in [5.41, 5.74) is -0.194. The number of aliphatic carboxylic acids is 1. The number of fused-ring (bicyclic) bond motifs is 2. The van der Waals surface area contributed by atoms with Crippen molar-refractivity contribution in [3.8, 4) is 5.75 Å². The summed E-state index contributed by atoms with van der Waals surface area (Å²) in [5, 5.41) is 13.5. The molecular weight excluding hydrogens is 411 g/mol. The zero-order chi connectivity index (χ0) is 22.9. The molecule has 32 heavy (non-hydrogen) atoms. The first-order valence-corrected chi connectivity index (χ1v) is 10.0. The fraction of sp³-hybridized carbons (Fsp3) is 0.160. The van der Waals surface area contributed by atoms with Crippen LogP contribution in [-0.2, 0) is 11.4 Å². The van der Waals surface area contributed by atoms with Gasteiger partial charge in [0.15, 0.2) is 0 Å². The number of halogens is 1. The van der Waals surface area contributed by atoms with E-state index in [1.807, 2.05) is 36.4 Å². The number of benzene rings is 3. The highest BCUT2D eigenvalue weighted by molar-refractivity contribution is 6.05. The zero-order valence-corrected chi connectivity index (χ0v) is 17.6. The average molecular weight is 432 g/mol. The Morgan fingerprint density at radius 1 is 1.03 bits per heavy atom. The van der Waals surface area contributed by atoms with Crippen LogP contribution in [0.1, 0.15) is 29.9 Å². The van der Waals surface area contributed by atoms with Gasteiger partial charge in [0.25, 0.3) is 5.91 Å². The second-order valence-corrected chi connectivity index (χ2v) is 7.95. The van der Waals surface area contributed by atoms with Gasteiger partial charge in [0, 0.05) is 16.2 Å². The molecular formula is C25H21FN2O4. The van der Waals surface area contributed by atoms with Crippen LogP contribution in [0.5, 0.6) is 5.75 Å². The lowest BCUT2D eigenvalue weighted by Gasteiger charge is -2.22. The summed E-state index contributed by atoms with van der Waals surface area (Å²) < 4.78 is 20.8. The maximum Gasteiger partial charge on any atom is 0.328 e. The molecule has 0 aliphatic rings. The minimum Gasteiger partial charge on any atom is -0.486 e. The van der Waals surface area contributed by atoms with E-state index < -0.39 is 23.2 Å². The van der Waals surface area contributed by atoms with Crippen LogP contribution >= 0.6 is 0 Å². The summed E-state index contributed by atoms with van der Waals surface area (Å²) in [6.45, 7) is 2.75. The molecule has 1 aromatic heterocycles. The van der Waals surface area contributed by atoms with Gasteiger partial charge >= 0.3 is 5.97 Å². The molecule has 3 aromatic carbocycles. The molecule has 0 fully saturated rings. The number of pyridine rings is 1. The van der Waals surface area contributed by atoms with Crippen molar-refractivity contribution in [2.24, 2.45) is 0 Å². The first kappa shape index (κ1) is 21.2. The Kier molecular flexibility index (Phi) is 5.48. The van der Waals surface area contributed by atoms with Crippen LogP contribution in [0.3, 0.4) is 0 Å².